The molecule has 2 atom stereocenters. The molecule has 4 nitrogen and oxygen atoms in total. The zero-order valence-corrected chi connectivity index (χ0v) is 10.1. The third-order valence-electron chi connectivity index (χ3n) is 3.39. The molecule has 4 heteroatoms. The van der Waals surface area contributed by atoms with Crippen LogP contribution in [0.25, 0.3) is 0 Å². The topological polar surface area (TPSA) is 49.8 Å². The average Bonchev–Trinajstić information content (AvgIpc) is 2.65. The fourth-order valence-electron chi connectivity index (χ4n) is 2.41. The molecule has 1 aliphatic rings. The van der Waals surface area contributed by atoms with Crippen molar-refractivity contribution in [3.8, 4) is 5.75 Å². The van der Waals surface area contributed by atoms with Crippen LogP contribution in [0.15, 0.2) is 24.3 Å². The monoisotopic (exact) mass is 235 g/mol. The zero-order chi connectivity index (χ0) is 12.4. The van der Waals surface area contributed by atoms with Gasteiger partial charge in [-0.25, -0.2) is 0 Å². The number of likely N-dealkylation sites (tertiary alicyclic amines) is 1. The number of rotatable bonds is 3. The second-order valence-corrected chi connectivity index (χ2v) is 4.37. The van der Waals surface area contributed by atoms with E-state index >= 15 is 0 Å². The molecular formula is C13H17NO3. The van der Waals surface area contributed by atoms with E-state index in [2.05, 4.69) is 0 Å². The molecule has 1 heterocycles. The fourth-order valence-corrected chi connectivity index (χ4v) is 2.41. The molecule has 1 fully saturated rings. The third kappa shape index (κ3) is 2.13. The Hall–Kier alpha value is -1.55. The first-order valence-electron chi connectivity index (χ1n) is 5.68. The number of nitrogens with zero attached hydrogens (tertiary/aromatic N) is 1. The van der Waals surface area contributed by atoms with Gasteiger partial charge in [-0.3, -0.25) is 4.79 Å². The van der Waals surface area contributed by atoms with Crippen LogP contribution in [0, 0.1) is 5.92 Å². The van der Waals surface area contributed by atoms with Crippen LogP contribution in [0.5, 0.6) is 5.75 Å². The smallest absolute Gasteiger partial charge is 0.223 e. The summed E-state index contributed by atoms with van der Waals surface area (Å²) in [5.41, 5.74) is 1.04. The Bertz CT molecular complexity index is 402. The number of hydrogen-bond donors (Lipinski definition) is 1. The zero-order valence-electron chi connectivity index (χ0n) is 10.1. The molecule has 0 unspecified atom stereocenters. The summed E-state index contributed by atoms with van der Waals surface area (Å²) in [6, 6.07) is 7.61. The van der Waals surface area contributed by atoms with E-state index in [4.69, 9.17) is 4.74 Å². The van der Waals surface area contributed by atoms with Crippen molar-refractivity contribution in [2.24, 2.45) is 5.92 Å². The largest absolute Gasteiger partial charge is 0.497 e. The van der Waals surface area contributed by atoms with E-state index in [0.29, 0.717) is 6.42 Å². The summed E-state index contributed by atoms with van der Waals surface area (Å²) in [6.45, 7) is 0.0345. The molecular weight excluding hydrogens is 218 g/mol. The second kappa shape index (κ2) is 4.75. The van der Waals surface area contributed by atoms with Gasteiger partial charge in [-0.1, -0.05) is 12.1 Å². The van der Waals surface area contributed by atoms with Crippen molar-refractivity contribution in [3.63, 3.8) is 0 Å². The minimum Gasteiger partial charge on any atom is -0.497 e. The van der Waals surface area contributed by atoms with Gasteiger partial charge in [0.2, 0.25) is 5.91 Å². The van der Waals surface area contributed by atoms with Gasteiger partial charge in [-0.05, 0) is 17.7 Å². The quantitative estimate of drug-likeness (QED) is 0.856. The molecule has 1 amide bonds. The molecule has 1 aliphatic heterocycles. The van der Waals surface area contributed by atoms with Gasteiger partial charge >= 0.3 is 0 Å². The number of carbonyl (C=O) groups excluding carboxylic acids is 1. The summed E-state index contributed by atoms with van der Waals surface area (Å²) in [7, 11) is 3.41. The molecule has 1 saturated heterocycles. The Labute approximate surface area is 101 Å². The number of ether oxygens (including phenoxy) is 1. The number of amides is 1. The van der Waals surface area contributed by atoms with Crippen molar-refractivity contribution in [1.29, 1.82) is 0 Å². The Morgan fingerprint density at radius 1 is 1.41 bits per heavy atom. The Morgan fingerprint density at radius 2 is 2.06 bits per heavy atom. The number of benzene rings is 1. The van der Waals surface area contributed by atoms with Crippen molar-refractivity contribution >= 4 is 5.91 Å². The van der Waals surface area contributed by atoms with E-state index in [9.17, 15) is 9.90 Å². The molecule has 92 valence electrons. The van der Waals surface area contributed by atoms with E-state index < -0.39 is 0 Å². The first kappa shape index (κ1) is 11.9. The standard InChI is InChI=1S/C13H17NO3/c1-14-12(16)7-10(8-15)13(14)9-3-5-11(17-2)6-4-9/h3-6,10,13,15H,7-8H2,1-2H3/t10-,13-/m1/s1. The maximum atomic E-state index is 11.6. The summed E-state index contributed by atoms with van der Waals surface area (Å²) in [5, 5.41) is 9.33. The molecule has 0 aliphatic carbocycles. The lowest BCUT2D eigenvalue weighted by molar-refractivity contribution is -0.127. The lowest BCUT2D eigenvalue weighted by Gasteiger charge is -2.24. The Morgan fingerprint density at radius 3 is 2.59 bits per heavy atom. The maximum absolute atomic E-state index is 11.6. The highest BCUT2D eigenvalue weighted by molar-refractivity contribution is 5.79. The molecule has 2 rings (SSSR count). The summed E-state index contributed by atoms with van der Waals surface area (Å²) in [5.74, 6) is 0.868. The summed E-state index contributed by atoms with van der Waals surface area (Å²) < 4.78 is 5.10. The van der Waals surface area contributed by atoms with Crippen LogP contribution >= 0.6 is 0 Å². The predicted molar refractivity (Wildman–Crippen MR) is 63.7 cm³/mol. The van der Waals surface area contributed by atoms with Gasteiger partial charge in [0.05, 0.1) is 13.2 Å². The minimum absolute atomic E-state index is 0.0131. The highest BCUT2D eigenvalue weighted by Crippen LogP contribution is 2.36. The molecule has 0 spiro atoms. The van der Waals surface area contributed by atoms with Gasteiger partial charge in [-0.15, -0.1) is 0 Å². The van der Waals surface area contributed by atoms with Gasteiger partial charge < -0.3 is 14.7 Å². The van der Waals surface area contributed by atoms with E-state index in [0.717, 1.165) is 11.3 Å². The van der Waals surface area contributed by atoms with Crippen molar-refractivity contribution in [3.05, 3.63) is 29.8 Å². The van der Waals surface area contributed by atoms with Crippen LogP contribution in [-0.2, 0) is 4.79 Å². The fraction of sp³-hybridized carbons (Fsp3) is 0.462. The Kier molecular flexibility index (Phi) is 3.33. The van der Waals surface area contributed by atoms with Crippen molar-refractivity contribution < 1.29 is 14.6 Å². The van der Waals surface area contributed by atoms with Crippen LogP contribution in [0.4, 0.5) is 0 Å². The second-order valence-electron chi connectivity index (χ2n) is 4.37. The van der Waals surface area contributed by atoms with Gasteiger partial charge in [0.1, 0.15) is 5.75 Å². The molecule has 1 N–H and O–H groups in total. The van der Waals surface area contributed by atoms with Crippen LogP contribution in [0.3, 0.4) is 0 Å². The van der Waals surface area contributed by atoms with Gasteiger partial charge in [0.25, 0.3) is 0 Å². The van der Waals surface area contributed by atoms with Crippen LogP contribution < -0.4 is 4.74 Å². The van der Waals surface area contributed by atoms with E-state index in [1.54, 1.807) is 19.1 Å². The molecule has 1 aromatic rings. The SMILES string of the molecule is COc1ccc([C@@H]2[C@@H](CO)CC(=O)N2C)cc1. The van der Waals surface area contributed by atoms with E-state index in [-0.39, 0.29) is 24.5 Å². The van der Waals surface area contributed by atoms with Crippen molar-refractivity contribution in [2.75, 3.05) is 20.8 Å². The number of carbonyl (C=O) groups is 1. The predicted octanol–water partition coefficient (Wildman–Crippen LogP) is 1.21. The van der Waals surface area contributed by atoms with E-state index in [1.807, 2.05) is 24.3 Å². The van der Waals surface area contributed by atoms with E-state index in [1.165, 1.54) is 0 Å². The summed E-state index contributed by atoms with van der Waals surface area (Å²) >= 11 is 0. The van der Waals surface area contributed by atoms with Crippen molar-refractivity contribution in [2.45, 2.75) is 12.5 Å². The molecule has 0 radical (unpaired) electrons. The summed E-state index contributed by atoms with van der Waals surface area (Å²) in [6.07, 6.45) is 0.420. The average molecular weight is 235 g/mol. The number of aliphatic hydroxyl groups excluding tert-OH is 1. The first-order chi connectivity index (χ1) is 8.17. The lowest BCUT2D eigenvalue weighted by Crippen LogP contribution is -2.25. The van der Waals surface area contributed by atoms with Crippen molar-refractivity contribution in [1.82, 2.24) is 4.90 Å². The molecule has 17 heavy (non-hydrogen) atoms. The normalized spacial score (nSPS) is 24.2. The number of methoxy groups -OCH3 is 1. The van der Waals surface area contributed by atoms with Gasteiger partial charge in [0.15, 0.2) is 0 Å². The third-order valence-corrected chi connectivity index (χ3v) is 3.39. The minimum atomic E-state index is -0.0293. The molecule has 0 bridgehead atoms. The van der Waals surface area contributed by atoms with Gasteiger partial charge in [0, 0.05) is 26.0 Å². The van der Waals surface area contributed by atoms with Crippen LogP contribution in [0.2, 0.25) is 0 Å². The highest BCUT2D eigenvalue weighted by atomic mass is 16.5. The van der Waals surface area contributed by atoms with Gasteiger partial charge in [-0.2, -0.15) is 0 Å². The molecule has 0 saturated carbocycles. The molecule has 1 aromatic carbocycles. The highest BCUT2D eigenvalue weighted by Gasteiger charge is 2.37. The maximum Gasteiger partial charge on any atom is 0.223 e. The van der Waals surface area contributed by atoms with Crippen LogP contribution in [-0.4, -0.2) is 36.7 Å². The number of hydrogen-bond acceptors (Lipinski definition) is 3. The lowest BCUT2D eigenvalue weighted by atomic mass is 9.94. The first-order valence-corrected chi connectivity index (χ1v) is 5.68. The summed E-state index contributed by atoms with van der Waals surface area (Å²) in [4.78, 5) is 13.4. The molecule has 0 aromatic heterocycles. The van der Waals surface area contributed by atoms with Crippen LogP contribution in [0.1, 0.15) is 18.0 Å². The number of aliphatic hydroxyl groups is 1. The Balaban J connectivity index is 2.27.